The van der Waals surface area contributed by atoms with Crippen molar-refractivity contribution in [3.63, 3.8) is 0 Å². The van der Waals surface area contributed by atoms with Crippen LogP contribution < -0.4 is 5.32 Å². The fraction of sp³-hybridized carbons (Fsp3) is 0.667. The minimum Gasteiger partial charge on any atom is -0.310 e. The summed E-state index contributed by atoms with van der Waals surface area (Å²) >= 11 is 0. The lowest BCUT2D eigenvalue weighted by molar-refractivity contribution is 0.223. The van der Waals surface area contributed by atoms with Crippen LogP contribution in [0.2, 0.25) is 0 Å². The predicted molar refractivity (Wildman–Crippen MR) is 85.6 cm³/mol. The van der Waals surface area contributed by atoms with E-state index in [0.717, 1.165) is 6.54 Å². The van der Waals surface area contributed by atoms with Gasteiger partial charge in [-0.2, -0.15) is 0 Å². The largest absolute Gasteiger partial charge is 0.310 e. The van der Waals surface area contributed by atoms with Crippen LogP contribution in [0.3, 0.4) is 0 Å². The van der Waals surface area contributed by atoms with Crippen LogP contribution in [0.1, 0.15) is 63.8 Å². The molecular weight excluding hydrogens is 230 g/mol. The SMILES string of the molecule is CCNC(CC(C)C(C)(C)C)c1cccc(C)c1C. The van der Waals surface area contributed by atoms with Crippen molar-refractivity contribution in [3.05, 3.63) is 34.9 Å². The average Bonchev–Trinajstić information content (AvgIpc) is 2.31. The first-order valence-corrected chi connectivity index (χ1v) is 7.56. The van der Waals surface area contributed by atoms with Crippen LogP contribution in [0, 0.1) is 25.2 Å². The second-order valence-electron chi connectivity index (χ2n) is 6.90. The van der Waals surface area contributed by atoms with E-state index in [-0.39, 0.29) is 0 Å². The number of aryl methyl sites for hydroxylation is 1. The summed E-state index contributed by atoms with van der Waals surface area (Å²) in [5.41, 5.74) is 4.67. The van der Waals surface area contributed by atoms with Gasteiger partial charge in [0.1, 0.15) is 0 Å². The van der Waals surface area contributed by atoms with E-state index in [0.29, 0.717) is 17.4 Å². The van der Waals surface area contributed by atoms with E-state index in [4.69, 9.17) is 0 Å². The van der Waals surface area contributed by atoms with Crippen LogP contribution in [-0.4, -0.2) is 6.54 Å². The smallest absolute Gasteiger partial charge is 0.0325 e. The summed E-state index contributed by atoms with van der Waals surface area (Å²) in [6.45, 7) is 17.0. The summed E-state index contributed by atoms with van der Waals surface area (Å²) in [7, 11) is 0. The first kappa shape index (κ1) is 16.2. The first-order valence-electron chi connectivity index (χ1n) is 7.56. The zero-order chi connectivity index (χ0) is 14.6. The van der Waals surface area contributed by atoms with Gasteiger partial charge in [0.15, 0.2) is 0 Å². The molecule has 0 fully saturated rings. The molecule has 0 heterocycles. The third-order valence-corrected chi connectivity index (χ3v) is 4.54. The van der Waals surface area contributed by atoms with Crippen LogP contribution in [0.15, 0.2) is 18.2 Å². The summed E-state index contributed by atoms with van der Waals surface area (Å²) in [6.07, 6.45) is 1.20. The van der Waals surface area contributed by atoms with Gasteiger partial charge < -0.3 is 5.32 Å². The lowest BCUT2D eigenvalue weighted by Gasteiger charge is -2.32. The molecule has 0 aromatic heterocycles. The molecule has 1 nitrogen and oxygen atoms in total. The van der Waals surface area contributed by atoms with Gasteiger partial charge in [-0.15, -0.1) is 0 Å². The van der Waals surface area contributed by atoms with Crippen molar-refractivity contribution >= 4 is 0 Å². The van der Waals surface area contributed by atoms with Crippen molar-refractivity contribution < 1.29 is 0 Å². The molecule has 1 aromatic carbocycles. The van der Waals surface area contributed by atoms with Gasteiger partial charge >= 0.3 is 0 Å². The van der Waals surface area contributed by atoms with E-state index >= 15 is 0 Å². The van der Waals surface area contributed by atoms with E-state index in [9.17, 15) is 0 Å². The molecule has 0 spiro atoms. The van der Waals surface area contributed by atoms with Crippen molar-refractivity contribution in [2.45, 2.75) is 60.9 Å². The Balaban J connectivity index is 2.97. The van der Waals surface area contributed by atoms with Gasteiger partial charge in [0.05, 0.1) is 0 Å². The Kier molecular flexibility index (Phi) is 5.61. The number of hydrogen-bond acceptors (Lipinski definition) is 1. The Hall–Kier alpha value is -0.820. The molecule has 0 bridgehead atoms. The van der Waals surface area contributed by atoms with Crippen LogP contribution in [0.25, 0.3) is 0 Å². The normalized spacial score (nSPS) is 15.3. The van der Waals surface area contributed by atoms with Crippen molar-refractivity contribution in [1.29, 1.82) is 0 Å². The van der Waals surface area contributed by atoms with E-state index in [1.165, 1.54) is 23.1 Å². The quantitative estimate of drug-likeness (QED) is 0.784. The van der Waals surface area contributed by atoms with Crippen molar-refractivity contribution in [1.82, 2.24) is 5.32 Å². The standard InChI is InChI=1S/C18H31N/c1-8-19-17(12-14(3)18(5,6)7)16-11-9-10-13(2)15(16)4/h9-11,14,17,19H,8,12H2,1-7H3. The van der Waals surface area contributed by atoms with Crippen LogP contribution in [0.4, 0.5) is 0 Å². The number of rotatable bonds is 5. The molecule has 1 rings (SSSR count). The topological polar surface area (TPSA) is 12.0 Å². The lowest BCUT2D eigenvalue weighted by Crippen LogP contribution is -2.28. The average molecular weight is 261 g/mol. The van der Waals surface area contributed by atoms with Crippen LogP contribution in [-0.2, 0) is 0 Å². The maximum absolute atomic E-state index is 3.67. The van der Waals surface area contributed by atoms with E-state index < -0.39 is 0 Å². The minimum atomic E-state index is 0.366. The monoisotopic (exact) mass is 261 g/mol. The second kappa shape index (κ2) is 6.56. The Morgan fingerprint density at radius 2 is 1.79 bits per heavy atom. The summed E-state index contributed by atoms with van der Waals surface area (Å²) in [6, 6.07) is 7.14. The van der Waals surface area contributed by atoms with E-state index in [1.807, 2.05) is 0 Å². The zero-order valence-corrected chi connectivity index (χ0v) is 13.8. The maximum Gasteiger partial charge on any atom is 0.0325 e. The molecule has 1 aromatic rings. The predicted octanol–water partition coefficient (Wildman–Crippen LogP) is 5.03. The van der Waals surface area contributed by atoms with Crippen molar-refractivity contribution in [2.75, 3.05) is 6.54 Å². The molecule has 0 aliphatic rings. The summed E-state index contributed by atoms with van der Waals surface area (Å²) < 4.78 is 0. The molecule has 1 N–H and O–H groups in total. The van der Waals surface area contributed by atoms with E-state index in [1.54, 1.807) is 0 Å². The third-order valence-electron chi connectivity index (χ3n) is 4.54. The zero-order valence-electron chi connectivity index (χ0n) is 13.8. The highest BCUT2D eigenvalue weighted by atomic mass is 14.9. The highest BCUT2D eigenvalue weighted by Gasteiger charge is 2.24. The molecule has 0 aliphatic carbocycles. The highest BCUT2D eigenvalue weighted by Crippen LogP contribution is 2.34. The lowest BCUT2D eigenvalue weighted by atomic mass is 9.77. The van der Waals surface area contributed by atoms with Gasteiger partial charge in [0, 0.05) is 6.04 Å². The Morgan fingerprint density at radius 1 is 1.16 bits per heavy atom. The summed E-state index contributed by atoms with van der Waals surface area (Å²) in [5, 5.41) is 3.67. The van der Waals surface area contributed by atoms with Crippen LogP contribution >= 0.6 is 0 Å². The van der Waals surface area contributed by atoms with E-state index in [2.05, 4.69) is 72.0 Å². The third kappa shape index (κ3) is 4.35. The van der Waals surface area contributed by atoms with Crippen molar-refractivity contribution in [3.8, 4) is 0 Å². The molecule has 0 aliphatic heterocycles. The summed E-state index contributed by atoms with van der Waals surface area (Å²) in [5.74, 6) is 0.691. The Morgan fingerprint density at radius 3 is 2.32 bits per heavy atom. The molecular formula is C18H31N. The highest BCUT2D eigenvalue weighted by molar-refractivity contribution is 5.35. The van der Waals surface area contributed by atoms with Gasteiger partial charge in [0.25, 0.3) is 0 Å². The molecule has 0 saturated carbocycles. The number of benzene rings is 1. The van der Waals surface area contributed by atoms with Gasteiger partial charge in [-0.25, -0.2) is 0 Å². The molecule has 108 valence electrons. The summed E-state index contributed by atoms with van der Waals surface area (Å²) in [4.78, 5) is 0. The fourth-order valence-electron chi connectivity index (χ4n) is 2.43. The first-order chi connectivity index (χ1) is 8.77. The van der Waals surface area contributed by atoms with Gasteiger partial charge in [-0.1, -0.05) is 52.8 Å². The maximum atomic E-state index is 3.67. The molecule has 0 amide bonds. The van der Waals surface area contributed by atoms with Gasteiger partial charge in [-0.05, 0) is 54.8 Å². The second-order valence-corrected chi connectivity index (χ2v) is 6.90. The molecule has 0 radical (unpaired) electrons. The molecule has 2 atom stereocenters. The Bertz CT molecular complexity index is 401. The minimum absolute atomic E-state index is 0.366. The van der Waals surface area contributed by atoms with Crippen molar-refractivity contribution in [2.24, 2.45) is 11.3 Å². The van der Waals surface area contributed by atoms with Gasteiger partial charge in [0.2, 0.25) is 0 Å². The number of nitrogens with one attached hydrogen (secondary N) is 1. The fourth-order valence-corrected chi connectivity index (χ4v) is 2.43. The molecule has 19 heavy (non-hydrogen) atoms. The van der Waals surface area contributed by atoms with Crippen LogP contribution in [0.5, 0.6) is 0 Å². The Labute approximate surface area is 119 Å². The molecule has 0 saturated heterocycles. The number of hydrogen-bond donors (Lipinski definition) is 1. The van der Waals surface area contributed by atoms with Gasteiger partial charge in [-0.3, -0.25) is 0 Å². The molecule has 1 heteroatoms. The molecule has 2 unspecified atom stereocenters.